The summed E-state index contributed by atoms with van der Waals surface area (Å²) in [6, 6.07) is 13.9. The van der Waals surface area contributed by atoms with Crippen molar-refractivity contribution in [1.29, 1.82) is 0 Å². The molecule has 0 amide bonds. The predicted molar refractivity (Wildman–Crippen MR) is 139 cm³/mol. The first kappa shape index (κ1) is 24.8. The summed E-state index contributed by atoms with van der Waals surface area (Å²) in [4.78, 5) is 20.7. The van der Waals surface area contributed by atoms with Crippen LogP contribution < -0.4 is 10.1 Å². The van der Waals surface area contributed by atoms with Crippen molar-refractivity contribution in [3.8, 4) is 17.1 Å². The number of anilines is 1. The molecular weight excluding hydrogens is 490 g/mol. The summed E-state index contributed by atoms with van der Waals surface area (Å²) in [6.07, 6.45) is 3.56. The van der Waals surface area contributed by atoms with Crippen molar-refractivity contribution >= 4 is 23.5 Å². The maximum absolute atomic E-state index is 11.4. The number of aliphatic carboxylic acids is 1. The smallest absolute Gasteiger partial charge is 0.306 e. The third-order valence-corrected chi connectivity index (χ3v) is 7.28. The van der Waals surface area contributed by atoms with E-state index in [0.29, 0.717) is 42.5 Å². The van der Waals surface area contributed by atoms with Crippen LogP contribution in [0.4, 0.5) is 5.95 Å². The van der Waals surface area contributed by atoms with E-state index in [4.69, 9.17) is 9.72 Å². The fourth-order valence-electron chi connectivity index (χ4n) is 4.57. The zero-order valence-electron chi connectivity index (χ0n) is 20.8. The van der Waals surface area contributed by atoms with Gasteiger partial charge in [0, 0.05) is 13.5 Å². The molecule has 0 radical (unpaired) electrons. The molecule has 0 aliphatic heterocycles. The van der Waals surface area contributed by atoms with E-state index in [2.05, 4.69) is 37.1 Å². The minimum absolute atomic E-state index is 0.116. The lowest BCUT2D eigenvalue weighted by Gasteiger charge is -2.27. The predicted octanol–water partition coefficient (Wildman–Crippen LogP) is 4.26. The van der Waals surface area contributed by atoms with Crippen molar-refractivity contribution in [2.45, 2.75) is 51.7 Å². The van der Waals surface area contributed by atoms with E-state index in [-0.39, 0.29) is 12.0 Å². The minimum atomic E-state index is -0.748. The fraction of sp³-hybridized carbons (Fsp3) is 0.385. The topological polar surface area (TPSA) is 128 Å². The summed E-state index contributed by atoms with van der Waals surface area (Å²) in [7, 11) is 1.84. The Balaban J connectivity index is 1.25. The van der Waals surface area contributed by atoms with Gasteiger partial charge in [0.15, 0.2) is 0 Å². The third kappa shape index (κ3) is 5.93. The summed E-state index contributed by atoms with van der Waals surface area (Å²) >= 11 is 1.39. The number of nitrogens with zero attached hydrogens (tertiary/aromatic N) is 6. The quantitative estimate of drug-likeness (QED) is 0.333. The Morgan fingerprint density at radius 1 is 1.19 bits per heavy atom. The van der Waals surface area contributed by atoms with Gasteiger partial charge in [0.1, 0.15) is 16.5 Å². The van der Waals surface area contributed by atoms with Gasteiger partial charge in [-0.3, -0.25) is 4.79 Å². The van der Waals surface area contributed by atoms with Gasteiger partial charge in [-0.1, -0.05) is 35.5 Å². The van der Waals surface area contributed by atoms with Crippen molar-refractivity contribution in [2.24, 2.45) is 13.0 Å². The van der Waals surface area contributed by atoms with Gasteiger partial charge in [0.25, 0.3) is 0 Å². The number of aromatic nitrogens is 6. The van der Waals surface area contributed by atoms with Crippen LogP contribution in [0, 0.1) is 12.8 Å². The first-order valence-corrected chi connectivity index (χ1v) is 13.1. The highest BCUT2D eigenvalue weighted by atomic mass is 32.1. The van der Waals surface area contributed by atoms with Crippen molar-refractivity contribution in [2.75, 3.05) is 5.32 Å². The van der Waals surface area contributed by atoms with E-state index in [0.717, 1.165) is 35.7 Å². The number of carboxylic acid groups (broad SMARTS) is 1. The highest BCUT2D eigenvalue weighted by molar-refractivity contribution is 7.05. The molecule has 0 saturated heterocycles. The van der Waals surface area contributed by atoms with Crippen LogP contribution in [0.5, 0.6) is 5.75 Å². The van der Waals surface area contributed by atoms with E-state index in [9.17, 15) is 9.90 Å². The molecule has 1 saturated carbocycles. The van der Waals surface area contributed by atoms with E-state index in [1.807, 2.05) is 44.3 Å². The van der Waals surface area contributed by atoms with Crippen molar-refractivity contribution in [3.05, 3.63) is 64.4 Å². The Morgan fingerprint density at radius 2 is 2.03 bits per heavy atom. The summed E-state index contributed by atoms with van der Waals surface area (Å²) in [5, 5.41) is 22.1. The fourth-order valence-corrected chi connectivity index (χ4v) is 5.22. The Morgan fingerprint density at radius 3 is 2.81 bits per heavy atom. The van der Waals surface area contributed by atoms with E-state index in [1.165, 1.54) is 17.1 Å². The van der Waals surface area contributed by atoms with Gasteiger partial charge in [-0.25, -0.2) is 14.6 Å². The average Bonchev–Trinajstić information content (AvgIpc) is 3.50. The molecule has 37 heavy (non-hydrogen) atoms. The number of rotatable bonds is 9. The van der Waals surface area contributed by atoms with E-state index in [1.54, 1.807) is 4.68 Å². The monoisotopic (exact) mass is 519 g/mol. The Bertz CT molecular complexity index is 1370. The zero-order valence-corrected chi connectivity index (χ0v) is 21.6. The normalized spacial score (nSPS) is 17.5. The number of hydrogen-bond donors (Lipinski definition) is 2. The minimum Gasteiger partial charge on any atom is -0.489 e. The molecule has 0 bridgehead atoms. The lowest BCUT2D eigenvalue weighted by Crippen LogP contribution is -2.29. The molecule has 10 nitrogen and oxygen atoms in total. The average molecular weight is 520 g/mol. The van der Waals surface area contributed by atoms with Crippen LogP contribution in [0.2, 0.25) is 0 Å². The third-order valence-electron chi connectivity index (χ3n) is 6.57. The van der Waals surface area contributed by atoms with Crippen LogP contribution in [0.3, 0.4) is 0 Å². The van der Waals surface area contributed by atoms with Gasteiger partial charge in [-0.15, -0.1) is 5.10 Å². The standard InChI is InChI=1S/C26H29N7O3S/c1-16-22(36-19-10-6-9-18(14-19)25(34)35)12-11-20(28-16)24-21(33(2)32-30-24)15-27-26-29-23(37-31-26)13-17-7-4-3-5-8-17/h3-5,7-8,11-12,18-19H,6,9-10,13-15H2,1-2H3,(H,27,31)(H,34,35)/t18-,19-/m0/s1. The van der Waals surface area contributed by atoms with Crippen molar-refractivity contribution in [1.82, 2.24) is 29.3 Å². The summed E-state index contributed by atoms with van der Waals surface area (Å²) < 4.78 is 12.3. The molecular formula is C26H29N7O3S. The molecule has 0 spiro atoms. The van der Waals surface area contributed by atoms with Gasteiger partial charge >= 0.3 is 5.97 Å². The summed E-state index contributed by atoms with van der Waals surface area (Å²) in [5.41, 5.74) is 4.15. The van der Waals surface area contributed by atoms with Gasteiger partial charge < -0.3 is 15.2 Å². The highest BCUT2D eigenvalue weighted by Crippen LogP contribution is 2.30. The maximum Gasteiger partial charge on any atom is 0.306 e. The first-order chi connectivity index (χ1) is 18.0. The SMILES string of the molecule is Cc1nc(-c2nnn(C)c2CNc2nsc(Cc3ccccc3)n2)ccc1O[C@H]1CCC[C@H](C(=O)O)C1. The number of aryl methyl sites for hydroxylation is 2. The van der Waals surface area contributed by atoms with Crippen LogP contribution in [-0.2, 0) is 24.8 Å². The lowest BCUT2D eigenvalue weighted by atomic mass is 9.87. The highest BCUT2D eigenvalue weighted by Gasteiger charge is 2.28. The molecule has 3 aromatic heterocycles. The number of carbonyl (C=O) groups is 1. The summed E-state index contributed by atoms with van der Waals surface area (Å²) in [6.45, 7) is 2.33. The second-order valence-corrected chi connectivity index (χ2v) is 10.1. The molecule has 2 N–H and O–H groups in total. The number of carboxylic acids is 1. The van der Waals surface area contributed by atoms with E-state index < -0.39 is 5.97 Å². The van der Waals surface area contributed by atoms with Crippen LogP contribution in [0.15, 0.2) is 42.5 Å². The van der Waals surface area contributed by atoms with Gasteiger partial charge in [-0.2, -0.15) is 4.37 Å². The maximum atomic E-state index is 11.4. The van der Waals surface area contributed by atoms with Crippen LogP contribution in [0.25, 0.3) is 11.4 Å². The molecule has 11 heteroatoms. The zero-order chi connectivity index (χ0) is 25.8. The Hall–Kier alpha value is -3.86. The Kier molecular flexibility index (Phi) is 7.40. The number of nitrogens with one attached hydrogen (secondary N) is 1. The molecule has 1 aromatic carbocycles. The molecule has 1 fully saturated rings. The molecule has 3 heterocycles. The number of ether oxygens (including phenoxy) is 1. The number of benzene rings is 1. The molecule has 1 aliphatic rings. The Labute approximate surface area is 218 Å². The molecule has 192 valence electrons. The molecule has 4 aromatic rings. The van der Waals surface area contributed by atoms with Crippen LogP contribution in [-0.4, -0.2) is 46.5 Å². The first-order valence-electron chi connectivity index (χ1n) is 12.3. The second kappa shape index (κ2) is 11.0. The molecule has 5 rings (SSSR count). The van der Waals surface area contributed by atoms with Gasteiger partial charge in [-0.05, 0) is 61.8 Å². The van der Waals surface area contributed by atoms with Gasteiger partial charge in [0.05, 0.1) is 35.6 Å². The van der Waals surface area contributed by atoms with Crippen LogP contribution in [0.1, 0.15) is 47.6 Å². The lowest BCUT2D eigenvalue weighted by molar-refractivity contribution is -0.143. The molecule has 2 atom stereocenters. The second-order valence-electron chi connectivity index (χ2n) is 9.26. The number of pyridine rings is 1. The molecule has 1 aliphatic carbocycles. The van der Waals surface area contributed by atoms with E-state index >= 15 is 0 Å². The van der Waals surface area contributed by atoms with Crippen molar-refractivity contribution in [3.63, 3.8) is 0 Å². The summed E-state index contributed by atoms with van der Waals surface area (Å²) in [5.74, 6) is 0.147. The van der Waals surface area contributed by atoms with Gasteiger partial charge in [0.2, 0.25) is 5.95 Å². The largest absolute Gasteiger partial charge is 0.489 e. The number of hydrogen-bond acceptors (Lipinski definition) is 9. The molecule has 0 unspecified atom stereocenters. The van der Waals surface area contributed by atoms with Crippen LogP contribution >= 0.6 is 11.5 Å². The van der Waals surface area contributed by atoms with Crippen molar-refractivity contribution < 1.29 is 14.6 Å².